The van der Waals surface area contributed by atoms with Crippen LogP contribution in [0, 0.1) is 0 Å². The van der Waals surface area contributed by atoms with Crippen molar-refractivity contribution in [2.45, 2.75) is 13.0 Å². The van der Waals surface area contributed by atoms with Crippen LogP contribution in [-0.4, -0.2) is 7.11 Å². The molecule has 2 aromatic rings. The standard InChI is InChI=1S/C15H15Cl2NO/c1-10(11-6-5-7-12(16)15(11)17)18-13-8-3-4-9-14(13)19-2/h3-10,18H,1-2H3. The fourth-order valence-corrected chi connectivity index (χ4v) is 2.40. The lowest BCUT2D eigenvalue weighted by Crippen LogP contribution is -2.08. The van der Waals surface area contributed by atoms with Gasteiger partial charge < -0.3 is 10.1 Å². The summed E-state index contributed by atoms with van der Waals surface area (Å²) in [6.45, 7) is 2.03. The van der Waals surface area contributed by atoms with Gasteiger partial charge in [-0.15, -0.1) is 0 Å². The van der Waals surface area contributed by atoms with Crippen LogP contribution < -0.4 is 10.1 Å². The lowest BCUT2D eigenvalue weighted by Gasteiger charge is -2.19. The van der Waals surface area contributed by atoms with Gasteiger partial charge >= 0.3 is 0 Å². The van der Waals surface area contributed by atoms with Crippen molar-refractivity contribution in [3.63, 3.8) is 0 Å². The SMILES string of the molecule is COc1ccccc1NC(C)c1cccc(Cl)c1Cl. The second-order valence-electron chi connectivity index (χ2n) is 4.21. The largest absolute Gasteiger partial charge is 0.495 e. The van der Waals surface area contributed by atoms with E-state index in [0.29, 0.717) is 10.0 Å². The van der Waals surface area contributed by atoms with Gasteiger partial charge in [0.1, 0.15) is 5.75 Å². The molecule has 0 saturated carbocycles. The van der Waals surface area contributed by atoms with Crippen molar-refractivity contribution >= 4 is 28.9 Å². The van der Waals surface area contributed by atoms with Crippen LogP contribution in [0.3, 0.4) is 0 Å². The summed E-state index contributed by atoms with van der Waals surface area (Å²) in [6, 6.07) is 13.4. The van der Waals surface area contributed by atoms with Crippen molar-refractivity contribution < 1.29 is 4.74 Å². The van der Waals surface area contributed by atoms with E-state index in [-0.39, 0.29) is 6.04 Å². The molecule has 4 heteroatoms. The lowest BCUT2D eigenvalue weighted by molar-refractivity contribution is 0.416. The van der Waals surface area contributed by atoms with Gasteiger partial charge in [0.25, 0.3) is 0 Å². The van der Waals surface area contributed by atoms with Crippen LogP contribution in [0.1, 0.15) is 18.5 Å². The highest BCUT2D eigenvalue weighted by molar-refractivity contribution is 6.42. The minimum Gasteiger partial charge on any atom is -0.495 e. The molecule has 0 aliphatic heterocycles. The Labute approximate surface area is 123 Å². The number of nitrogens with one attached hydrogen (secondary N) is 1. The molecule has 1 N–H and O–H groups in total. The van der Waals surface area contributed by atoms with Gasteiger partial charge in [0.2, 0.25) is 0 Å². The summed E-state index contributed by atoms with van der Waals surface area (Å²) >= 11 is 12.3. The summed E-state index contributed by atoms with van der Waals surface area (Å²) in [5.41, 5.74) is 1.88. The number of para-hydroxylation sites is 2. The topological polar surface area (TPSA) is 21.3 Å². The molecule has 100 valence electrons. The van der Waals surface area contributed by atoms with Gasteiger partial charge in [-0.25, -0.2) is 0 Å². The number of benzene rings is 2. The van der Waals surface area contributed by atoms with Crippen LogP contribution in [0.5, 0.6) is 5.75 Å². The minimum absolute atomic E-state index is 0.0301. The van der Waals surface area contributed by atoms with Gasteiger partial charge in [0, 0.05) is 0 Å². The third-order valence-corrected chi connectivity index (χ3v) is 3.76. The first-order valence-corrected chi connectivity index (χ1v) is 6.72. The molecule has 0 heterocycles. The molecule has 0 aliphatic rings. The molecule has 0 bridgehead atoms. The zero-order chi connectivity index (χ0) is 13.8. The van der Waals surface area contributed by atoms with E-state index < -0.39 is 0 Å². The van der Waals surface area contributed by atoms with Crippen molar-refractivity contribution in [3.8, 4) is 5.75 Å². The molecule has 2 aromatic carbocycles. The van der Waals surface area contributed by atoms with Crippen LogP contribution in [0.25, 0.3) is 0 Å². The Hall–Kier alpha value is -1.38. The molecule has 0 fully saturated rings. The first kappa shape index (κ1) is 14.0. The number of rotatable bonds is 4. The number of halogens is 2. The monoisotopic (exact) mass is 295 g/mol. The molecule has 1 atom stereocenters. The normalized spacial score (nSPS) is 12.0. The predicted molar refractivity (Wildman–Crippen MR) is 81.5 cm³/mol. The number of methoxy groups -OCH3 is 1. The van der Waals surface area contributed by atoms with Gasteiger partial charge in [-0.1, -0.05) is 47.5 Å². The summed E-state index contributed by atoms with van der Waals surface area (Å²) in [7, 11) is 1.65. The molecule has 0 aliphatic carbocycles. The van der Waals surface area contributed by atoms with Crippen LogP contribution in [0.15, 0.2) is 42.5 Å². The highest BCUT2D eigenvalue weighted by Gasteiger charge is 2.13. The van der Waals surface area contributed by atoms with E-state index in [1.165, 1.54) is 0 Å². The van der Waals surface area contributed by atoms with Crippen LogP contribution in [0.2, 0.25) is 10.0 Å². The third-order valence-electron chi connectivity index (χ3n) is 2.93. The van der Waals surface area contributed by atoms with Gasteiger partial charge in [-0.05, 0) is 30.7 Å². The smallest absolute Gasteiger partial charge is 0.141 e. The zero-order valence-electron chi connectivity index (χ0n) is 10.8. The van der Waals surface area contributed by atoms with E-state index in [1.807, 2.05) is 43.3 Å². The van der Waals surface area contributed by atoms with Crippen LogP contribution >= 0.6 is 23.2 Å². The summed E-state index contributed by atoms with van der Waals surface area (Å²) in [6.07, 6.45) is 0. The van der Waals surface area contributed by atoms with Gasteiger partial charge in [-0.3, -0.25) is 0 Å². The first-order valence-electron chi connectivity index (χ1n) is 5.97. The molecule has 1 unspecified atom stereocenters. The van der Waals surface area contributed by atoms with Crippen molar-refractivity contribution in [1.82, 2.24) is 0 Å². The summed E-state index contributed by atoms with van der Waals surface area (Å²) in [5, 5.41) is 4.52. The molecule has 2 rings (SSSR count). The molecule has 0 aromatic heterocycles. The maximum absolute atomic E-state index is 6.22. The summed E-state index contributed by atoms with van der Waals surface area (Å²) in [5.74, 6) is 0.799. The van der Waals surface area contributed by atoms with Crippen molar-refractivity contribution in [3.05, 3.63) is 58.1 Å². The van der Waals surface area contributed by atoms with E-state index in [0.717, 1.165) is 17.0 Å². The third kappa shape index (κ3) is 3.14. The number of hydrogen-bond donors (Lipinski definition) is 1. The number of hydrogen-bond acceptors (Lipinski definition) is 2. The molecule has 0 radical (unpaired) electrons. The fourth-order valence-electron chi connectivity index (χ4n) is 1.93. The van der Waals surface area contributed by atoms with Crippen LogP contribution in [-0.2, 0) is 0 Å². The number of ether oxygens (including phenoxy) is 1. The molecule has 0 spiro atoms. The molecular weight excluding hydrogens is 281 g/mol. The Balaban J connectivity index is 2.26. The molecular formula is C15H15Cl2NO. The Morgan fingerprint density at radius 2 is 1.79 bits per heavy atom. The van der Waals surface area contributed by atoms with E-state index in [2.05, 4.69) is 5.32 Å². The van der Waals surface area contributed by atoms with Crippen molar-refractivity contribution in [1.29, 1.82) is 0 Å². The van der Waals surface area contributed by atoms with Gasteiger partial charge in [0.15, 0.2) is 0 Å². The quantitative estimate of drug-likeness (QED) is 0.839. The van der Waals surface area contributed by atoms with E-state index in [4.69, 9.17) is 27.9 Å². The lowest BCUT2D eigenvalue weighted by atomic mass is 10.1. The first-order chi connectivity index (χ1) is 9.13. The highest BCUT2D eigenvalue weighted by atomic mass is 35.5. The average molecular weight is 296 g/mol. The fraction of sp³-hybridized carbons (Fsp3) is 0.200. The Morgan fingerprint density at radius 3 is 2.53 bits per heavy atom. The van der Waals surface area contributed by atoms with Gasteiger partial charge in [0.05, 0.1) is 28.9 Å². The maximum Gasteiger partial charge on any atom is 0.141 e. The Bertz CT molecular complexity index is 572. The second-order valence-corrected chi connectivity index (χ2v) is 4.99. The van der Waals surface area contributed by atoms with E-state index >= 15 is 0 Å². The highest BCUT2D eigenvalue weighted by Crippen LogP contribution is 2.33. The molecule has 0 saturated heterocycles. The molecule has 19 heavy (non-hydrogen) atoms. The average Bonchev–Trinajstić information content (AvgIpc) is 2.42. The van der Waals surface area contributed by atoms with Crippen LogP contribution in [0.4, 0.5) is 5.69 Å². The van der Waals surface area contributed by atoms with Crippen molar-refractivity contribution in [2.75, 3.05) is 12.4 Å². The summed E-state index contributed by atoms with van der Waals surface area (Å²) < 4.78 is 5.31. The Kier molecular flexibility index (Phi) is 4.56. The zero-order valence-corrected chi connectivity index (χ0v) is 12.3. The predicted octanol–water partition coefficient (Wildman–Crippen LogP) is 5.18. The maximum atomic E-state index is 6.22. The van der Waals surface area contributed by atoms with Gasteiger partial charge in [-0.2, -0.15) is 0 Å². The minimum atomic E-state index is 0.0301. The molecule has 0 amide bonds. The van der Waals surface area contributed by atoms with E-state index in [9.17, 15) is 0 Å². The molecule has 2 nitrogen and oxygen atoms in total. The van der Waals surface area contributed by atoms with E-state index in [1.54, 1.807) is 13.2 Å². The second kappa shape index (κ2) is 6.18. The van der Waals surface area contributed by atoms with Crippen molar-refractivity contribution in [2.24, 2.45) is 0 Å². The number of anilines is 1. The summed E-state index contributed by atoms with van der Waals surface area (Å²) in [4.78, 5) is 0. The Morgan fingerprint density at radius 1 is 1.05 bits per heavy atom.